The van der Waals surface area contributed by atoms with E-state index >= 15 is 0 Å². The first kappa shape index (κ1) is 14.8. The Balaban J connectivity index is 2.63. The molecule has 1 unspecified atom stereocenters. The SMILES string of the molecule is CCCNCCC(C)c1cc(OC)cc(OC)c1. The van der Waals surface area contributed by atoms with E-state index in [2.05, 4.69) is 31.3 Å². The van der Waals surface area contributed by atoms with Crippen LogP contribution in [0.4, 0.5) is 0 Å². The van der Waals surface area contributed by atoms with E-state index in [0.29, 0.717) is 5.92 Å². The topological polar surface area (TPSA) is 30.5 Å². The Morgan fingerprint density at radius 1 is 1.06 bits per heavy atom. The highest BCUT2D eigenvalue weighted by atomic mass is 16.5. The summed E-state index contributed by atoms with van der Waals surface area (Å²) >= 11 is 0. The van der Waals surface area contributed by atoms with Crippen LogP contribution >= 0.6 is 0 Å². The molecule has 102 valence electrons. The van der Waals surface area contributed by atoms with E-state index in [1.165, 1.54) is 12.0 Å². The van der Waals surface area contributed by atoms with Gasteiger partial charge in [-0.3, -0.25) is 0 Å². The molecule has 0 amide bonds. The maximum atomic E-state index is 5.29. The van der Waals surface area contributed by atoms with Crippen molar-refractivity contribution in [2.75, 3.05) is 27.3 Å². The molecule has 3 nitrogen and oxygen atoms in total. The predicted molar refractivity (Wildman–Crippen MR) is 75.7 cm³/mol. The lowest BCUT2D eigenvalue weighted by Gasteiger charge is -2.15. The van der Waals surface area contributed by atoms with E-state index in [1.54, 1.807) is 14.2 Å². The zero-order valence-electron chi connectivity index (χ0n) is 12.0. The Labute approximate surface area is 110 Å². The summed E-state index contributed by atoms with van der Waals surface area (Å²) in [5, 5.41) is 3.43. The summed E-state index contributed by atoms with van der Waals surface area (Å²) in [6, 6.07) is 6.09. The third-order valence-corrected chi connectivity index (χ3v) is 3.12. The molecule has 1 aromatic carbocycles. The van der Waals surface area contributed by atoms with E-state index in [9.17, 15) is 0 Å². The van der Waals surface area contributed by atoms with Crippen LogP contribution in [0.2, 0.25) is 0 Å². The second-order valence-corrected chi connectivity index (χ2v) is 4.59. The van der Waals surface area contributed by atoms with Gasteiger partial charge in [0.05, 0.1) is 14.2 Å². The molecule has 0 saturated carbocycles. The maximum Gasteiger partial charge on any atom is 0.122 e. The molecule has 0 aliphatic carbocycles. The number of benzene rings is 1. The van der Waals surface area contributed by atoms with Crippen molar-refractivity contribution in [1.29, 1.82) is 0 Å². The molecule has 0 aliphatic heterocycles. The van der Waals surface area contributed by atoms with Crippen LogP contribution < -0.4 is 14.8 Å². The molecule has 1 atom stereocenters. The van der Waals surface area contributed by atoms with E-state index in [4.69, 9.17) is 9.47 Å². The number of hydrogen-bond acceptors (Lipinski definition) is 3. The van der Waals surface area contributed by atoms with E-state index in [0.717, 1.165) is 31.0 Å². The zero-order chi connectivity index (χ0) is 13.4. The normalized spacial score (nSPS) is 12.2. The van der Waals surface area contributed by atoms with Gasteiger partial charge < -0.3 is 14.8 Å². The zero-order valence-corrected chi connectivity index (χ0v) is 12.0. The van der Waals surface area contributed by atoms with Crippen LogP contribution in [0.25, 0.3) is 0 Å². The standard InChI is InChI=1S/C15H25NO2/c1-5-7-16-8-6-12(2)13-9-14(17-3)11-15(10-13)18-4/h9-12,16H,5-8H2,1-4H3. The van der Waals surface area contributed by atoms with Crippen LogP contribution in [0.5, 0.6) is 11.5 Å². The first-order valence-electron chi connectivity index (χ1n) is 6.65. The van der Waals surface area contributed by atoms with Crippen molar-refractivity contribution in [2.45, 2.75) is 32.6 Å². The van der Waals surface area contributed by atoms with Crippen molar-refractivity contribution in [2.24, 2.45) is 0 Å². The first-order valence-corrected chi connectivity index (χ1v) is 6.65. The summed E-state index contributed by atoms with van der Waals surface area (Å²) in [6.45, 7) is 6.56. The van der Waals surface area contributed by atoms with E-state index < -0.39 is 0 Å². The molecule has 0 spiro atoms. The molecule has 3 heteroatoms. The third kappa shape index (κ3) is 4.57. The fourth-order valence-electron chi connectivity index (χ4n) is 1.90. The van der Waals surface area contributed by atoms with Crippen LogP contribution in [0.15, 0.2) is 18.2 Å². The molecule has 0 aromatic heterocycles. The average Bonchev–Trinajstić information content (AvgIpc) is 2.42. The van der Waals surface area contributed by atoms with Crippen LogP contribution in [0.3, 0.4) is 0 Å². The van der Waals surface area contributed by atoms with Crippen molar-refractivity contribution in [1.82, 2.24) is 5.32 Å². The van der Waals surface area contributed by atoms with Crippen molar-refractivity contribution in [3.05, 3.63) is 23.8 Å². The summed E-state index contributed by atoms with van der Waals surface area (Å²) in [5.41, 5.74) is 1.27. The Morgan fingerprint density at radius 2 is 1.67 bits per heavy atom. The summed E-state index contributed by atoms with van der Waals surface area (Å²) in [4.78, 5) is 0. The smallest absolute Gasteiger partial charge is 0.122 e. The lowest BCUT2D eigenvalue weighted by atomic mass is 9.97. The number of nitrogens with one attached hydrogen (secondary N) is 1. The molecular weight excluding hydrogens is 226 g/mol. The molecule has 0 aliphatic rings. The summed E-state index contributed by atoms with van der Waals surface area (Å²) in [7, 11) is 3.37. The average molecular weight is 251 g/mol. The van der Waals surface area contributed by atoms with Gasteiger partial charge in [0.1, 0.15) is 11.5 Å². The highest BCUT2D eigenvalue weighted by Crippen LogP contribution is 2.28. The lowest BCUT2D eigenvalue weighted by molar-refractivity contribution is 0.392. The Hall–Kier alpha value is -1.22. The molecule has 0 saturated heterocycles. The minimum absolute atomic E-state index is 0.498. The van der Waals surface area contributed by atoms with Crippen molar-refractivity contribution in [3.63, 3.8) is 0 Å². The highest BCUT2D eigenvalue weighted by Gasteiger charge is 2.09. The largest absolute Gasteiger partial charge is 0.497 e. The van der Waals surface area contributed by atoms with Crippen LogP contribution in [0.1, 0.15) is 38.2 Å². The summed E-state index contributed by atoms with van der Waals surface area (Å²) < 4.78 is 10.6. The van der Waals surface area contributed by atoms with Gasteiger partial charge in [0.15, 0.2) is 0 Å². The van der Waals surface area contributed by atoms with Gasteiger partial charge >= 0.3 is 0 Å². The molecule has 0 bridgehead atoms. The summed E-state index contributed by atoms with van der Waals surface area (Å²) in [5.74, 6) is 2.22. The van der Waals surface area contributed by atoms with Gasteiger partial charge in [-0.2, -0.15) is 0 Å². The number of hydrogen-bond donors (Lipinski definition) is 1. The number of ether oxygens (including phenoxy) is 2. The fourth-order valence-corrected chi connectivity index (χ4v) is 1.90. The monoisotopic (exact) mass is 251 g/mol. The molecule has 1 rings (SSSR count). The van der Waals surface area contributed by atoms with Gasteiger partial charge in [-0.1, -0.05) is 13.8 Å². The molecule has 0 fully saturated rings. The molecule has 1 N–H and O–H groups in total. The predicted octanol–water partition coefficient (Wildman–Crippen LogP) is 3.20. The van der Waals surface area contributed by atoms with Gasteiger partial charge in [-0.05, 0) is 49.5 Å². The first-order chi connectivity index (χ1) is 8.71. The van der Waals surface area contributed by atoms with Crippen molar-refractivity contribution >= 4 is 0 Å². The Morgan fingerprint density at radius 3 is 2.17 bits per heavy atom. The van der Waals surface area contributed by atoms with E-state index in [-0.39, 0.29) is 0 Å². The van der Waals surface area contributed by atoms with Crippen LogP contribution in [0, 0.1) is 0 Å². The maximum absolute atomic E-state index is 5.29. The summed E-state index contributed by atoms with van der Waals surface area (Å²) in [6.07, 6.45) is 2.30. The molecule has 18 heavy (non-hydrogen) atoms. The lowest BCUT2D eigenvalue weighted by Crippen LogP contribution is -2.17. The minimum Gasteiger partial charge on any atom is -0.497 e. The van der Waals surface area contributed by atoms with Crippen molar-refractivity contribution < 1.29 is 9.47 Å². The van der Waals surface area contributed by atoms with Gasteiger partial charge in [0, 0.05) is 6.07 Å². The second-order valence-electron chi connectivity index (χ2n) is 4.59. The highest BCUT2D eigenvalue weighted by molar-refractivity contribution is 5.39. The minimum atomic E-state index is 0.498. The van der Waals surface area contributed by atoms with Crippen LogP contribution in [-0.4, -0.2) is 27.3 Å². The second kappa shape index (κ2) is 7.98. The quantitative estimate of drug-likeness (QED) is 0.720. The molecule has 1 aromatic rings. The van der Waals surface area contributed by atoms with Crippen molar-refractivity contribution in [3.8, 4) is 11.5 Å². The molecule has 0 heterocycles. The number of rotatable bonds is 8. The van der Waals surface area contributed by atoms with Gasteiger partial charge in [0.25, 0.3) is 0 Å². The van der Waals surface area contributed by atoms with Gasteiger partial charge in [-0.15, -0.1) is 0 Å². The number of methoxy groups -OCH3 is 2. The van der Waals surface area contributed by atoms with Gasteiger partial charge in [-0.25, -0.2) is 0 Å². The fraction of sp³-hybridized carbons (Fsp3) is 0.600. The van der Waals surface area contributed by atoms with Gasteiger partial charge in [0.2, 0.25) is 0 Å². The third-order valence-electron chi connectivity index (χ3n) is 3.12. The Bertz CT molecular complexity index is 330. The molecule has 0 radical (unpaired) electrons. The van der Waals surface area contributed by atoms with E-state index in [1.807, 2.05) is 6.07 Å². The Kier molecular flexibility index (Phi) is 6.58. The van der Waals surface area contributed by atoms with Crippen LogP contribution in [-0.2, 0) is 0 Å². The molecular formula is C15H25NO2.